The van der Waals surface area contributed by atoms with Crippen molar-refractivity contribution in [2.75, 3.05) is 42.5 Å². The molecule has 2 heterocycles. The lowest BCUT2D eigenvalue weighted by Gasteiger charge is -2.37. The highest BCUT2D eigenvalue weighted by atomic mass is 35.5. The second kappa shape index (κ2) is 8.46. The summed E-state index contributed by atoms with van der Waals surface area (Å²) in [5.74, 6) is -0.133. The Morgan fingerprint density at radius 1 is 1.00 bits per heavy atom. The number of benzene rings is 2. The fraction of sp³-hybridized carbons (Fsp3) is 0.391. The van der Waals surface area contributed by atoms with Gasteiger partial charge in [0.25, 0.3) is 0 Å². The molecule has 0 saturated carbocycles. The summed E-state index contributed by atoms with van der Waals surface area (Å²) in [6, 6.07) is 15.8. The van der Waals surface area contributed by atoms with Gasteiger partial charge in [0.2, 0.25) is 11.8 Å². The standard InChI is InChI=1S/C23H26ClN3O2/c1-2-17-7-3-5-9-20(17)27-16-18(15-22(27)28)23(29)26-13-11-25(12-14-26)21-10-6-4-8-19(21)24/h3-10,18H,2,11-16H2,1H3. The molecule has 0 aromatic heterocycles. The van der Waals surface area contributed by atoms with Crippen molar-refractivity contribution in [3.8, 4) is 0 Å². The largest absolute Gasteiger partial charge is 0.367 e. The predicted molar refractivity (Wildman–Crippen MR) is 117 cm³/mol. The Balaban J connectivity index is 1.40. The molecule has 29 heavy (non-hydrogen) atoms. The van der Waals surface area contributed by atoms with Gasteiger partial charge in [-0.15, -0.1) is 0 Å². The molecule has 152 valence electrons. The van der Waals surface area contributed by atoms with Gasteiger partial charge in [-0.2, -0.15) is 0 Å². The second-order valence-corrected chi connectivity index (χ2v) is 8.06. The molecule has 6 heteroatoms. The van der Waals surface area contributed by atoms with Crippen molar-refractivity contribution in [1.82, 2.24) is 4.90 Å². The summed E-state index contributed by atoms with van der Waals surface area (Å²) in [4.78, 5) is 31.7. The number of carbonyl (C=O) groups is 2. The smallest absolute Gasteiger partial charge is 0.228 e. The lowest BCUT2D eigenvalue weighted by atomic mass is 10.1. The lowest BCUT2D eigenvalue weighted by Crippen LogP contribution is -2.50. The van der Waals surface area contributed by atoms with Crippen LogP contribution in [0.3, 0.4) is 0 Å². The van der Waals surface area contributed by atoms with Crippen LogP contribution in [0.5, 0.6) is 0 Å². The van der Waals surface area contributed by atoms with Crippen LogP contribution in [0.25, 0.3) is 0 Å². The third-order valence-electron chi connectivity index (χ3n) is 5.92. The highest BCUT2D eigenvalue weighted by molar-refractivity contribution is 6.33. The molecule has 2 saturated heterocycles. The Kier molecular flexibility index (Phi) is 5.76. The van der Waals surface area contributed by atoms with E-state index in [1.165, 1.54) is 0 Å². The molecule has 2 fully saturated rings. The summed E-state index contributed by atoms with van der Waals surface area (Å²) in [7, 11) is 0. The third-order valence-corrected chi connectivity index (χ3v) is 6.24. The quantitative estimate of drug-likeness (QED) is 0.772. The molecule has 2 aromatic rings. The number of carbonyl (C=O) groups excluding carboxylic acids is 2. The summed E-state index contributed by atoms with van der Waals surface area (Å²) in [5, 5.41) is 0.735. The van der Waals surface area contributed by atoms with Gasteiger partial charge in [0.05, 0.1) is 16.6 Å². The molecule has 2 amide bonds. The Labute approximate surface area is 176 Å². The van der Waals surface area contributed by atoms with E-state index in [9.17, 15) is 9.59 Å². The molecule has 1 atom stereocenters. The number of amides is 2. The summed E-state index contributed by atoms with van der Waals surface area (Å²) >= 11 is 6.31. The molecule has 5 nitrogen and oxygen atoms in total. The van der Waals surface area contributed by atoms with Gasteiger partial charge in [-0.1, -0.05) is 48.9 Å². The van der Waals surface area contributed by atoms with E-state index in [1.54, 1.807) is 4.90 Å². The lowest BCUT2D eigenvalue weighted by molar-refractivity contribution is -0.136. The van der Waals surface area contributed by atoms with E-state index in [-0.39, 0.29) is 17.7 Å². The van der Waals surface area contributed by atoms with Crippen LogP contribution in [0, 0.1) is 5.92 Å². The van der Waals surface area contributed by atoms with Gasteiger partial charge in [0, 0.05) is 44.8 Å². The normalized spacial score (nSPS) is 19.7. The Bertz CT molecular complexity index is 909. The number of rotatable bonds is 4. The molecule has 2 aromatic carbocycles. The average Bonchev–Trinajstić information content (AvgIpc) is 3.15. The average molecular weight is 412 g/mol. The molecular weight excluding hydrogens is 386 g/mol. The van der Waals surface area contributed by atoms with Gasteiger partial charge in [-0.25, -0.2) is 0 Å². The maximum absolute atomic E-state index is 13.1. The maximum atomic E-state index is 13.1. The number of anilines is 2. The monoisotopic (exact) mass is 411 g/mol. The van der Waals surface area contributed by atoms with Crippen molar-refractivity contribution in [1.29, 1.82) is 0 Å². The topological polar surface area (TPSA) is 43.9 Å². The molecule has 0 radical (unpaired) electrons. The Morgan fingerprint density at radius 3 is 2.34 bits per heavy atom. The van der Waals surface area contributed by atoms with E-state index in [4.69, 9.17) is 11.6 Å². The van der Waals surface area contributed by atoms with Crippen molar-refractivity contribution in [3.05, 3.63) is 59.1 Å². The minimum Gasteiger partial charge on any atom is -0.367 e. The van der Waals surface area contributed by atoms with Gasteiger partial charge < -0.3 is 14.7 Å². The fourth-order valence-electron chi connectivity index (χ4n) is 4.31. The number of nitrogens with zero attached hydrogens (tertiary/aromatic N) is 3. The van der Waals surface area contributed by atoms with Gasteiger partial charge in [-0.05, 0) is 30.2 Å². The zero-order valence-corrected chi connectivity index (χ0v) is 17.4. The summed E-state index contributed by atoms with van der Waals surface area (Å²) in [6.07, 6.45) is 1.16. The molecule has 2 aliphatic heterocycles. The van der Waals surface area contributed by atoms with Crippen LogP contribution in [0.2, 0.25) is 5.02 Å². The number of para-hydroxylation sites is 2. The first kappa shape index (κ1) is 19.8. The van der Waals surface area contributed by atoms with Crippen molar-refractivity contribution in [2.45, 2.75) is 19.8 Å². The molecule has 1 unspecified atom stereocenters. The molecule has 0 aliphatic carbocycles. The van der Waals surface area contributed by atoms with Gasteiger partial charge in [-0.3, -0.25) is 9.59 Å². The summed E-state index contributed by atoms with van der Waals surface area (Å²) < 4.78 is 0. The number of hydrogen-bond acceptors (Lipinski definition) is 3. The van der Waals surface area contributed by atoms with Crippen LogP contribution < -0.4 is 9.80 Å². The molecule has 4 rings (SSSR count). The van der Waals surface area contributed by atoms with E-state index >= 15 is 0 Å². The highest BCUT2D eigenvalue weighted by Crippen LogP contribution is 2.30. The summed E-state index contributed by atoms with van der Waals surface area (Å²) in [6.45, 7) is 5.36. The fourth-order valence-corrected chi connectivity index (χ4v) is 4.57. The van der Waals surface area contributed by atoms with Crippen molar-refractivity contribution in [2.24, 2.45) is 5.92 Å². The predicted octanol–water partition coefficient (Wildman–Crippen LogP) is 3.60. The molecule has 0 N–H and O–H groups in total. The first-order chi connectivity index (χ1) is 14.1. The van der Waals surface area contributed by atoms with Crippen LogP contribution in [0.1, 0.15) is 18.9 Å². The second-order valence-electron chi connectivity index (χ2n) is 7.65. The van der Waals surface area contributed by atoms with Crippen LogP contribution in [0.4, 0.5) is 11.4 Å². The van der Waals surface area contributed by atoms with Crippen LogP contribution >= 0.6 is 11.6 Å². The van der Waals surface area contributed by atoms with Crippen molar-refractivity contribution in [3.63, 3.8) is 0 Å². The number of halogens is 1. The van der Waals surface area contributed by atoms with E-state index in [2.05, 4.69) is 11.8 Å². The van der Waals surface area contributed by atoms with Crippen LogP contribution in [-0.4, -0.2) is 49.4 Å². The zero-order chi connectivity index (χ0) is 20.4. The minimum absolute atomic E-state index is 0.0407. The van der Waals surface area contributed by atoms with Crippen LogP contribution in [-0.2, 0) is 16.0 Å². The van der Waals surface area contributed by atoms with E-state index < -0.39 is 0 Å². The van der Waals surface area contributed by atoms with Crippen LogP contribution in [0.15, 0.2) is 48.5 Å². The molecular formula is C23H26ClN3O2. The number of hydrogen-bond donors (Lipinski definition) is 0. The highest BCUT2D eigenvalue weighted by Gasteiger charge is 2.38. The summed E-state index contributed by atoms with van der Waals surface area (Å²) in [5.41, 5.74) is 3.10. The van der Waals surface area contributed by atoms with Gasteiger partial charge in [0.15, 0.2) is 0 Å². The number of piperazine rings is 1. The maximum Gasteiger partial charge on any atom is 0.228 e. The number of aryl methyl sites for hydroxylation is 1. The van der Waals surface area contributed by atoms with Gasteiger partial charge in [0.1, 0.15) is 0 Å². The minimum atomic E-state index is -0.265. The molecule has 2 aliphatic rings. The molecule has 0 bridgehead atoms. The van der Waals surface area contributed by atoms with E-state index in [1.807, 2.05) is 53.4 Å². The van der Waals surface area contributed by atoms with Gasteiger partial charge >= 0.3 is 0 Å². The molecule has 0 spiro atoms. The SMILES string of the molecule is CCc1ccccc1N1CC(C(=O)N2CCN(c3ccccc3Cl)CC2)CC1=O. The van der Waals surface area contributed by atoms with E-state index in [0.717, 1.165) is 41.5 Å². The van der Waals surface area contributed by atoms with E-state index in [0.29, 0.717) is 26.1 Å². The Morgan fingerprint density at radius 2 is 1.66 bits per heavy atom. The third kappa shape index (κ3) is 3.97. The van der Waals surface area contributed by atoms with Crippen molar-refractivity contribution >= 4 is 34.8 Å². The first-order valence-electron chi connectivity index (χ1n) is 10.2. The first-order valence-corrected chi connectivity index (χ1v) is 10.6. The Hall–Kier alpha value is -2.53. The van der Waals surface area contributed by atoms with Crippen molar-refractivity contribution < 1.29 is 9.59 Å². The zero-order valence-electron chi connectivity index (χ0n) is 16.7.